The minimum absolute atomic E-state index is 0.0501. The number of para-hydroxylation sites is 1. The number of nitrogens with one attached hydrogen (secondary N) is 1. The maximum atomic E-state index is 14.0. The van der Waals surface area contributed by atoms with Crippen molar-refractivity contribution in [2.24, 2.45) is 0 Å². The molecule has 31 heavy (non-hydrogen) atoms. The lowest BCUT2D eigenvalue weighted by Gasteiger charge is -2.20. The zero-order valence-corrected chi connectivity index (χ0v) is 18.7. The third kappa shape index (κ3) is 6.04. The van der Waals surface area contributed by atoms with E-state index in [-0.39, 0.29) is 22.1 Å². The first-order valence-electron chi connectivity index (χ1n) is 10.7. The van der Waals surface area contributed by atoms with Gasteiger partial charge in [0.25, 0.3) is 15.9 Å². The van der Waals surface area contributed by atoms with E-state index in [4.69, 9.17) is 0 Å². The number of hydrogen-bond acceptors (Lipinski definition) is 4. The van der Waals surface area contributed by atoms with Crippen LogP contribution in [0.1, 0.15) is 42.5 Å². The number of nitrogens with zero attached hydrogens (tertiary/aromatic N) is 2. The van der Waals surface area contributed by atoms with Crippen LogP contribution in [0.4, 0.5) is 10.1 Å². The molecule has 0 aliphatic carbocycles. The lowest BCUT2D eigenvalue weighted by Crippen LogP contribution is -2.31. The van der Waals surface area contributed by atoms with Crippen molar-refractivity contribution in [3.63, 3.8) is 0 Å². The molecule has 0 unspecified atom stereocenters. The van der Waals surface area contributed by atoms with Crippen molar-refractivity contribution in [2.45, 2.75) is 37.0 Å². The molecule has 0 radical (unpaired) electrons. The van der Waals surface area contributed by atoms with Gasteiger partial charge in [0.05, 0.1) is 10.6 Å². The zero-order valence-electron chi connectivity index (χ0n) is 17.9. The van der Waals surface area contributed by atoms with Crippen LogP contribution < -0.4 is 9.62 Å². The summed E-state index contributed by atoms with van der Waals surface area (Å²) in [7, 11) is -2.71. The summed E-state index contributed by atoms with van der Waals surface area (Å²) in [5.74, 6) is -0.951. The summed E-state index contributed by atoms with van der Waals surface area (Å²) in [5, 5.41) is 2.87. The van der Waals surface area contributed by atoms with E-state index in [2.05, 4.69) is 10.2 Å². The predicted molar refractivity (Wildman–Crippen MR) is 120 cm³/mol. The lowest BCUT2D eigenvalue weighted by molar-refractivity contribution is 0.0951. The van der Waals surface area contributed by atoms with Crippen LogP contribution >= 0.6 is 0 Å². The molecule has 0 spiro atoms. The van der Waals surface area contributed by atoms with E-state index in [0.717, 1.165) is 30.4 Å². The number of carbonyl (C=O) groups is 1. The highest BCUT2D eigenvalue weighted by atomic mass is 32.2. The Morgan fingerprint density at radius 3 is 2.48 bits per heavy atom. The molecule has 1 amide bonds. The average Bonchev–Trinajstić information content (AvgIpc) is 3.05. The number of sulfonamides is 1. The van der Waals surface area contributed by atoms with Gasteiger partial charge in [0.2, 0.25) is 0 Å². The predicted octanol–water partition coefficient (Wildman–Crippen LogP) is 3.65. The Morgan fingerprint density at radius 2 is 1.77 bits per heavy atom. The van der Waals surface area contributed by atoms with Crippen LogP contribution in [0.5, 0.6) is 0 Å². The van der Waals surface area contributed by atoms with E-state index in [1.807, 2.05) is 0 Å². The number of carbonyl (C=O) groups excluding carboxylic acids is 1. The Kier molecular flexibility index (Phi) is 8.03. The van der Waals surface area contributed by atoms with Crippen molar-refractivity contribution < 1.29 is 17.6 Å². The molecule has 1 fully saturated rings. The zero-order chi connectivity index (χ0) is 22.3. The molecule has 6 nitrogen and oxygen atoms in total. The number of likely N-dealkylation sites (tertiary alicyclic amines) is 1. The van der Waals surface area contributed by atoms with E-state index >= 15 is 0 Å². The summed E-state index contributed by atoms with van der Waals surface area (Å²) < 4.78 is 40.8. The van der Waals surface area contributed by atoms with E-state index in [9.17, 15) is 17.6 Å². The van der Waals surface area contributed by atoms with E-state index < -0.39 is 15.8 Å². The van der Waals surface area contributed by atoms with Crippen molar-refractivity contribution in [1.82, 2.24) is 10.2 Å². The quantitative estimate of drug-likeness (QED) is 0.627. The molecule has 1 N–H and O–H groups in total. The first-order chi connectivity index (χ1) is 14.9. The Balaban J connectivity index is 1.61. The van der Waals surface area contributed by atoms with Gasteiger partial charge in [-0.3, -0.25) is 9.10 Å². The molecule has 0 bridgehead atoms. The Labute approximate surface area is 184 Å². The summed E-state index contributed by atoms with van der Waals surface area (Å²) in [4.78, 5) is 14.9. The fraction of sp³-hybridized carbons (Fsp3) is 0.435. The van der Waals surface area contributed by atoms with Crippen LogP contribution in [-0.2, 0) is 10.0 Å². The van der Waals surface area contributed by atoms with Crippen LogP contribution in [0.3, 0.4) is 0 Å². The average molecular weight is 448 g/mol. The SMILES string of the molecule is CN(c1ccccc1F)S(=O)(=O)c1cccc(C(=O)NCCCN2CCCCCC2)c1. The van der Waals surface area contributed by atoms with Gasteiger partial charge in [-0.2, -0.15) is 0 Å². The van der Waals surface area contributed by atoms with E-state index in [0.29, 0.717) is 6.54 Å². The van der Waals surface area contributed by atoms with Crippen LogP contribution in [0.2, 0.25) is 0 Å². The fourth-order valence-corrected chi connectivity index (χ4v) is 5.01. The normalized spacial score (nSPS) is 15.3. The van der Waals surface area contributed by atoms with Gasteiger partial charge < -0.3 is 10.2 Å². The van der Waals surface area contributed by atoms with Crippen LogP contribution in [0.15, 0.2) is 53.4 Å². The molecular weight excluding hydrogens is 417 g/mol. The third-order valence-corrected chi connectivity index (χ3v) is 7.35. The number of benzene rings is 2. The second-order valence-electron chi connectivity index (χ2n) is 7.82. The largest absolute Gasteiger partial charge is 0.352 e. The van der Waals surface area contributed by atoms with Crippen molar-refractivity contribution in [3.8, 4) is 0 Å². The number of hydrogen-bond donors (Lipinski definition) is 1. The van der Waals surface area contributed by atoms with E-state index in [1.165, 1.54) is 69.1 Å². The first kappa shape index (κ1) is 23.2. The van der Waals surface area contributed by atoms with Gasteiger partial charge in [0.1, 0.15) is 5.82 Å². The van der Waals surface area contributed by atoms with Gasteiger partial charge in [-0.1, -0.05) is 31.0 Å². The smallest absolute Gasteiger partial charge is 0.264 e. The van der Waals surface area contributed by atoms with Gasteiger partial charge in [0, 0.05) is 19.2 Å². The molecule has 0 aromatic heterocycles. The highest BCUT2D eigenvalue weighted by Crippen LogP contribution is 2.25. The van der Waals surface area contributed by atoms with Gasteiger partial charge in [0.15, 0.2) is 0 Å². The van der Waals surface area contributed by atoms with Gasteiger partial charge >= 0.3 is 0 Å². The third-order valence-electron chi connectivity index (χ3n) is 5.58. The lowest BCUT2D eigenvalue weighted by atomic mass is 10.2. The van der Waals surface area contributed by atoms with Crippen molar-refractivity contribution in [3.05, 3.63) is 59.9 Å². The summed E-state index contributed by atoms with van der Waals surface area (Å²) >= 11 is 0. The monoisotopic (exact) mass is 447 g/mol. The van der Waals surface area contributed by atoms with Crippen molar-refractivity contribution in [2.75, 3.05) is 37.5 Å². The maximum Gasteiger partial charge on any atom is 0.264 e. The molecule has 1 heterocycles. The molecule has 1 saturated heterocycles. The van der Waals surface area contributed by atoms with Crippen LogP contribution in [0, 0.1) is 5.82 Å². The molecule has 3 rings (SSSR count). The molecule has 0 saturated carbocycles. The highest BCUT2D eigenvalue weighted by Gasteiger charge is 2.24. The molecule has 2 aromatic carbocycles. The number of anilines is 1. The van der Waals surface area contributed by atoms with Gasteiger partial charge in [-0.25, -0.2) is 12.8 Å². The minimum Gasteiger partial charge on any atom is -0.352 e. The molecule has 8 heteroatoms. The molecule has 0 atom stereocenters. The first-order valence-corrected chi connectivity index (χ1v) is 12.2. The van der Waals surface area contributed by atoms with Crippen molar-refractivity contribution in [1.29, 1.82) is 0 Å². The minimum atomic E-state index is -4.01. The standard InChI is InChI=1S/C23H30FN3O3S/c1-26(22-13-5-4-12-21(22)24)31(29,30)20-11-8-10-19(18-20)23(28)25-14-9-17-27-15-6-2-3-7-16-27/h4-5,8,10-13,18H,2-3,6-7,9,14-17H2,1H3,(H,25,28). The molecule has 168 valence electrons. The number of halogens is 1. The molecule has 1 aliphatic heterocycles. The summed E-state index contributed by atoms with van der Waals surface area (Å²) in [5.41, 5.74) is 0.212. The Bertz CT molecular complexity index is 989. The fourth-order valence-electron chi connectivity index (χ4n) is 3.76. The Morgan fingerprint density at radius 1 is 1.06 bits per heavy atom. The van der Waals surface area contributed by atoms with Crippen molar-refractivity contribution >= 4 is 21.6 Å². The topological polar surface area (TPSA) is 69.7 Å². The van der Waals surface area contributed by atoms with Crippen LogP contribution in [-0.4, -0.2) is 52.5 Å². The van der Waals surface area contributed by atoms with E-state index in [1.54, 1.807) is 12.1 Å². The molecule has 2 aromatic rings. The maximum absolute atomic E-state index is 14.0. The van der Waals surface area contributed by atoms with Gasteiger partial charge in [-0.15, -0.1) is 0 Å². The second kappa shape index (κ2) is 10.7. The number of amides is 1. The van der Waals surface area contributed by atoms with Crippen LogP contribution in [0.25, 0.3) is 0 Å². The molecular formula is C23H30FN3O3S. The van der Waals surface area contributed by atoms with Gasteiger partial charge in [-0.05, 0) is 69.2 Å². The molecule has 1 aliphatic rings. The summed E-state index contributed by atoms with van der Waals surface area (Å²) in [6.45, 7) is 3.70. The number of rotatable bonds is 8. The highest BCUT2D eigenvalue weighted by molar-refractivity contribution is 7.92. The summed E-state index contributed by atoms with van der Waals surface area (Å²) in [6, 6.07) is 11.5. The Hall–Kier alpha value is -2.45. The second-order valence-corrected chi connectivity index (χ2v) is 9.79. The summed E-state index contributed by atoms with van der Waals surface area (Å²) in [6.07, 6.45) is 5.89.